The van der Waals surface area contributed by atoms with E-state index in [0.29, 0.717) is 39.1 Å². The summed E-state index contributed by atoms with van der Waals surface area (Å²) in [7, 11) is 1.68. The van der Waals surface area contributed by atoms with Gasteiger partial charge in [-0.3, -0.25) is 24.2 Å². The largest absolute Gasteiger partial charge is 0.480 e. The molecular weight excluding hydrogens is 368 g/mol. The lowest BCUT2D eigenvalue weighted by Crippen LogP contribution is -2.53. The lowest BCUT2D eigenvalue weighted by atomic mass is 9.82. The fourth-order valence-corrected chi connectivity index (χ4v) is 4.25. The number of amides is 4. The van der Waals surface area contributed by atoms with Gasteiger partial charge in [-0.05, 0) is 19.9 Å². The van der Waals surface area contributed by atoms with Crippen molar-refractivity contribution in [3.63, 3.8) is 0 Å². The van der Waals surface area contributed by atoms with Crippen LogP contribution in [0.1, 0.15) is 32.1 Å². The zero-order valence-corrected chi connectivity index (χ0v) is 16.2. The van der Waals surface area contributed by atoms with Gasteiger partial charge < -0.3 is 20.1 Å². The fourth-order valence-electron chi connectivity index (χ4n) is 4.25. The molecular formula is C18H28N4O6. The molecule has 0 aromatic heterocycles. The number of ether oxygens (including phenoxy) is 1. The van der Waals surface area contributed by atoms with E-state index in [9.17, 15) is 19.2 Å². The summed E-state index contributed by atoms with van der Waals surface area (Å²) in [4.78, 5) is 52.9. The molecule has 1 spiro atoms. The maximum Gasteiger partial charge on any atom is 0.325 e. The number of nitrogens with zero attached hydrogens (tertiary/aromatic N) is 3. The fraction of sp³-hybridized carbons (Fsp3) is 0.778. The minimum Gasteiger partial charge on any atom is -0.480 e. The van der Waals surface area contributed by atoms with Crippen molar-refractivity contribution in [2.24, 2.45) is 0 Å². The predicted molar refractivity (Wildman–Crippen MR) is 97.5 cm³/mol. The summed E-state index contributed by atoms with van der Waals surface area (Å²) in [5.41, 5.74) is -0.831. The van der Waals surface area contributed by atoms with Gasteiger partial charge in [-0.1, -0.05) is 19.3 Å². The third-order valence-electron chi connectivity index (χ3n) is 5.66. The van der Waals surface area contributed by atoms with E-state index < -0.39 is 17.5 Å². The standard InChI is InChI=1S/C18H28N4O6/c1-20(12-15(24)25)9-13-10-21(7-8-28-13)14(23)11-22-16(26)18(19-17(22)27)5-3-2-4-6-18/h13H,2-12H2,1H3,(H,19,27)(H,24,25). The molecule has 0 radical (unpaired) electrons. The lowest BCUT2D eigenvalue weighted by molar-refractivity contribution is -0.145. The monoisotopic (exact) mass is 396 g/mol. The van der Waals surface area contributed by atoms with Crippen LogP contribution in [0.4, 0.5) is 4.79 Å². The summed E-state index contributed by atoms with van der Waals surface area (Å²) in [5.74, 6) is -1.52. The molecule has 2 saturated heterocycles. The van der Waals surface area contributed by atoms with Crippen LogP contribution in [0, 0.1) is 0 Å². The summed E-state index contributed by atoms with van der Waals surface area (Å²) >= 11 is 0. The Hall–Kier alpha value is -2.20. The first-order valence-electron chi connectivity index (χ1n) is 9.74. The van der Waals surface area contributed by atoms with Gasteiger partial charge in [0, 0.05) is 19.6 Å². The number of carboxylic acid groups (broad SMARTS) is 1. The average Bonchev–Trinajstić information content (AvgIpc) is 2.86. The van der Waals surface area contributed by atoms with Crippen molar-refractivity contribution in [1.29, 1.82) is 0 Å². The summed E-state index contributed by atoms with van der Waals surface area (Å²) in [6.45, 7) is 1.01. The highest BCUT2D eigenvalue weighted by atomic mass is 16.5. The van der Waals surface area contributed by atoms with Gasteiger partial charge in [-0.2, -0.15) is 0 Å². The highest BCUT2D eigenvalue weighted by molar-refractivity contribution is 6.09. The van der Waals surface area contributed by atoms with Gasteiger partial charge in [0.25, 0.3) is 5.91 Å². The van der Waals surface area contributed by atoms with Crippen molar-refractivity contribution in [2.45, 2.75) is 43.7 Å². The molecule has 1 aliphatic carbocycles. The molecule has 3 fully saturated rings. The smallest absolute Gasteiger partial charge is 0.325 e. The number of aliphatic carboxylic acids is 1. The number of nitrogens with one attached hydrogen (secondary N) is 1. The number of carbonyl (C=O) groups excluding carboxylic acids is 3. The second-order valence-corrected chi connectivity index (χ2v) is 7.89. The van der Waals surface area contributed by atoms with Crippen LogP contribution in [0.25, 0.3) is 0 Å². The third-order valence-corrected chi connectivity index (χ3v) is 5.66. The number of carboxylic acids is 1. The Morgan fingerprint density at radius 2 is 2.00 bits per heavy atom. The van der Waals surface area contributed by atoms with Crippen molar-refractivity contribution >= 4 is 23.8 Å². The zero-order chi connectivity index (χ0) is 20.3. The predicted octanol–water partition coefficient (Wildman–Crippen LogP) is -0.515. The van der Waals surface area contributed by atoms with Crippen LogP contribution < -0.4 is 5.32 Å². The van der Waals surface area contributed by atoms with E-state index in [2.05, 4.69) is 5.32 Å². The molecule has 0 bridgehead atoms. The van der Waals surface area contributed by atoms with Crippen LogP contribution in [0.15, 0.2) is 0 Å². The number of rotatable bonds is 6. The number of morpholine rings is 1. The van der Waals surface area contributed by atoms with E-state index in [0.717, 1.165) is 24.2 Å². The highest BCUT2D eigenvalue weighted by Gasteiger charge is 2.51. The van der Waals surface area contributed by atoms with E-state index >= 15 is 0 Å². The van der Waals surface area contributed by atoms with Gasteiger partial charge in [-0.25, -0.2) is 4.79 Å². The molecule has 10 nitrogen and oxygen atoms in total. The van der Waals surface area contributed by atoms with Gasteiger partial charge in [0.2, 0.25) is 5.91 Å². The van der Waals surface area contributed by atoms with Crippen LogP contribution in [0.2, 0.25) is 0 Å². The molecule has 28 heavy (non-hydrogen) atoms. The molecule has 1 saturated carbocycles. The minimum atomic E-state index is -0.929. The number of hydrogen-bond acceptors (Lipinski definition) is 6. The van der Waals surface area contributed by atoms with Crippen LogP contribution in [-0.4, -0.2) is 102 Å². The average molecular weight is 396 g/mol. The van der Waals surface area contributed by atoms with Gasteiger partial charge in [0.15, 0.2) is 0 Å². The van der Waals surface area contributed by atoms with Crippen molar-refractivity contribution in [1.82, 2.24) is 20.0 Å². The summed E-state index contributed by atoms with van der Waals surface area (Å²) < 4.78 is 5.62. The minimum absolute atomic E-state index is 0.113. The lowest BCUT2D eigenvalue weighted by Gasteiger charge is -2.35. The number of carbonyl (C=O) groups is 4. The Bertz CT molecular complexity index is 648. The Balaban J connectivity index is 1.56. The first-order chi connectivity index (χ1) is 13.3. The summed E-state index contributed by atoms with van der Waals surface area (Å²) in [5, 5.41) is 11.7. The first kappa shape index (κ1) is 20.5. The van der Waals surface area contributed by atoms with Gasteiger partial charge in [0.1, 0.15) is 12.1 Å². The SMILES string of the molecule is CN(CC(=O)O)CC1CN(C(=O)CN2C(=O)NC3(CCCCC3)C2=O)CCO1. The normalized spacial score (nSPS) is 24.7. The number of imide groups is 1. The van der Waals surface area contributed by atoms with Crippen molar-refractivity contribution in [3.05, 3.63) is 0 Å². The van der Waals surface area contributed by atoms with E-state index in [1.165, 1.54) is 0 Å². The second-order valence-electron chi connectivity index (χ2n) is 7.89. The van der Waals surface area contributed by atoms with Crippen molar-refractivity contribution in [3.8, 4) is 0 Å². The van der Waals surface area contributed by atoms with Crippen LogP contribution in [-0.2, 0) is 19.1 Å². The topological polar surface area (TPSA) is 119 Å². The zero-order valence-electron chi connectivity index (χ0n) is 16.2. The molecule has 10 heteroatoms. The highest BCUT2D eigenvalue weighted by Crippen LogP contribution is 2.33. The summed E-state index contributed by atoms with van der Waals surface area (Å²) in [6.07, 6.45) is 3.77. The van der Waals surface area contributed by atoms with Crippen molar-refractivity contribution in [2.75, 3.05) is 46.4 Å². The molecule has 2 heterocycles. The Morgan fingerprint density at radius 3 is 2.68 bits per heavy atom. The molecule has 2 aliphatic heterocycles. The molecule has 1 atom stereocenters. The molecule has 4 amide bonds. The van der Waals surface area contributed by atoms with Crippen molar-refractivity contribution < 1.29 is 29.0 Å². The van der Waals surface area contributed by atoms with Crippen LogP contribution in [0.3, 0.4) is 0 Å². The Morgan fingerprint density at radius 1 is 1.29 bits per heavy atom. The van der Waals surface area contributed by atoms with E-state index in [-0.39, 0.29) is 31.0 Å². The van der Waals surface area contributed by atoms with Gasteiger partial charge in [0.05, 0.1) is 19.3 Å². The molecule has 0 aromatic carbocycles. The Kier molecular flexibility index (Phi) is 6.19. The molecule has 3 rings (SSSR count). The number of hydrogen-bond donors (Lipinski definition) is 2. The first-order valence-corrected chi connectivity index (χ1v) is 9.74. The van der Waals surface area contributed by atoms with E-state index in [4.69, 9.17) is 9.84 Å². The van der Waals surface area contributed by atoms with Gasteiger partial charge in [-0.15, -0.1) is 0 Å². The van der Waals surface area contributed by atoms with E-state index in [1.807, 2.05) is 0 Å². The number of urea groups is 1. The molecule has 1 unspecified atom stereocenters. The number of likely N-dealkylation sites (N-methyl/N-ethyl adjacent to an activating group) is 1. The van der Waals surface area contributed by atoms with E-state index in [1.54, 1.807) is 16.8 Å². The molecule has 156 valence electrons. The molecule has 2 N–H and O–H groups in total. The summed E-state index contributed by atoms with van der Waals surface area (Å²) in [6, 6.07) is -0.494. The van der Waals surface area contributed by atoms with Gasteiger partial charge >= 0.3 is 12.0 Å². The molecule has 3 aliphatic rings. The maximum atomic E-state index is 12.8. The quantitative estimate of drug-likeness (QED) is 0.580. The second kappa shape index (κ2) is 8.44. The maximum absolute atomic E-state index is 12.8. The third kappa shape index (κ3) is 4.44. The molecule has 0 aromatic rings. The van der Waals surface area contributed by atoms with Crippen LogP contribution >= 0.6 is 0 Å². The Labute approximate surface area is 163 Å². The van der Waals surface area contributed by atoms with Crippen LogP contribution in [0.5, 0.6) is 0 Å².